The molecule has 0 spiro atoms. The van der Waals surface area contributed by atoms with Crippen molar-refractivity contribution in [2.24, 2.45) is 0 Å². The number of ether oxygens (including phenoxy) is 1. The number of hydrogen-bond acceptors (Lipinski definition) is 2. The summed E-state index contributed by atoms with van der Waals surface area (Å²) in [4.78, 5) is 0. The zero-order valence-electron chi connectivity index (χ0n) is 15.4. The van der Waals surface area contributed by atoms with E-state index in [0.717, 1.165) is 38.5 Å². The Morgan fingerprint density at radius 3 is 2.17 bits per heavy atom. The third-order valence-corrected chi connectivity index (χ3v) is 4.96. The van der Waals surface area contributed by atoms with E-state index in [1.165, 1.54) is 26.4 Å². The van der Waals surface area contributed by atoms with Gasteiger partial charge in [-0.25, -0.2) is 13.5 Å². The number of rotatable bonds is 12. The summed E-state index contributed by atoms with van der Waals surface area (Å²) in [6, 6.07) is 0. The van der Waals surface area contributed by atoms with Crippen LogP contribution in [-0.4, -0.2) is 16.9 Å². The molecule has 1 aromatic heterocycles. The lowest BCUT2D eigenvalue weighted by Gasteiger charge is -2.31. The van der Waals surface area contributed by atoms with E-state index in [0.29, 0.717) is 0 Å². The maximum atomic E-state index is 13.2. The molecule has 0 aliphatic carbocycles. The molecular formula is C18H31ClF2N2O. The van der Waals surface area contributed by atoms with Crippen LogP contribution in [0, 0.1) is 0 Å². The van der Waals surface area contributed by atoms with Crippen LogP contribution in [0.4, 0.5) is 8.78 Å². The van der Waals surface area contributed by atoms with E-state index in [1.54, 1.807) is 4.68 Å². The molecule has 3 nitrogen and oxygen atoms in total. The van der Waals surface area contributed by atoms with E-state index in [9.17, 15) is 8.78 Å². The van der Waals surface area contributed by atoms with Crippen molar-refractivity contribution >= 4 is 11.6 Å². The van der Waals surface area contributed by atoms with E-state index < -0.39 is 6.43 Å². The fourth-order valence-corrected chi connectivity index (χ4v) is 3.51. The minimum absolute atomic E-state index is 0.000345. The Kier molecular flexibility index (Phi) is 9.03. The monoisotopic (exact) mass is 364 g/mol. The summed E-state index contributed by atoms with van der Waals surface area (Å²) in [6.07, 6.45) is 6.93. The standard InChI is InChI=1S/C18H31ClF2N2O/c1-5-7-9-10-11-13-18(3,12-8-6-2)23-16(19)15(24-4)14(22-23)17(20)21/h17H,5-13H2,1-4H3. The van der Waals surface area contributed by atoms with Gasteiger partial charge in [0.1, 0.15) is 0 Å². The van der Waals surface area contributed by atoms with Crippen LogP contribution in [0.1, 0.15) is 90.7 Å². The zero-order valence-corrected chi connectivity index (χ0v) is 16.1. The van der Waals surface area contributed by atoms with Crippen molar-refractivity contribution in [2.75, 3.05) is 7.11 Å². The van der Waals surface area contributed by atoms with Crippen molar-refractivity contribution in [1.82, 2.24) is 9.78 Å². The van der Waals surface area contributed by atoms with Crippen molar-refractivity contribution in [3.63, 3.8) is 0 Å². The highest BCUT2D eigenvalue weighted by atomic mass is 35.5. The number of halogens is 3. The second-order valence-corrected chi connectivity index (χ2v) is 7.04. The Balaban J connectivity index is 3.01. The summed E-state index contributed by atoms with van der Waals surface area (Å²) in [6.45, 7) is 6.38. The summed E-state index contributed by atoms with van der Waals surface area (Å²) in [5, 5.41) is 4.31. The lowest BCUT2D eigenvalue weighted by Crippen LogP contribution is -2.31. The maximum absolute atomic E-state index is 13.2. The molecule has 0 fully saturated rings. The number of methoxy groups -OCH3 is 1. The Morgan fingerprint density at radius 2 is 1.67 bits per heavy atom. The van der Waals surface area contributed by atoms with E-state index >= 15 is 0 Å². The molecule has 0 saturated carbocycles. The quantitative estimate of drug-likeness (QED) is 0.383. The number of aromatic nitrogens is 2. The predicted octanol–water partition coefficient (Wildman–Crippen LogP) is 6.75. The number of unbranched alkanes of at least 4 members (excludes halogenated alkanes) is 5. The Labute approximate surface area is 149 Å². The van der Waals surface area contributed by atoms with Gasteiger partial charge in [-0.2, -0.15) is 5.10 Å². The third-order valence-electron chi connectivity index (χ3n) is 4.62. The van der Waals surface area contributed by atoms with Crippen LogP contribution in [0.3, 0.4) is 0 Å². The summed E-state index contributed by atoms with van der Waals surface area (Å²) in [5.74, 6) is 0.000345. The zero-order chi connectivity index (χ0) is 18.2. The molecule has 1 aromatic rings. The summed E-state index contributed by atoms with van der Waals surface area (Å²) < 4.78 is 33.1. The van der Waals surface area contributed by atoms with Crippen molar-refractivity contribution in [2.45, 2.75) is 90.5 Å². The first-order valence-corrected chi connectivity index (χ1v) is 9.40. The molecule has 0 radical (unpaired) electrons. The molecule has 140 valence electrons. The second-order valence-electron chi connectivity index (χ2n) is 6.69. The van der Waals surface area contributed by atoms with Gasteiger partial charge in [-0.05, 0) is 19.8 Å². The van der Waals surface area contributed by atoms with E-state index in [4.69, 9.17) is 16.3 Å². The lowest BCUT2D eigenvalue weighted by molar-refractivity contribution is 0.138. The molecule has 0 saturated heterocycles. The van der Waals surface area contributed by atoms with Crippen LogP contribution < -0.4 is 4.74 Å². The van der Waals surface area contributed by atoms with Crippen LogP contribution in [0.15, 0.2) is 0 Å². The van der Waals surface area contributed by atoms with E-state index in [1.807, 2.05) is 0 Å². The average molecular weight is 365 g/mol. The number of alkyl halides is 2. The van der Waals surface area contributed by atoms with Gasteiger partial charge in [0.25, 0.3) is 6.43 Å². The minimum atomic E-state index is -2.70. The molecule has 0 aliphatic rings. The topological polar surface area (TPSA) is 27.1 Å². The van der Waals surface area contributed by atoms with Crippen LogP contribution in [0.25, 0.3) is 0 Å². The Hall–Kier alpha value is -0.840. The van der Waals surface area contributed by atoms with Crippen LogP contribution >= 0.6 is 11.6 Å². The van der Waals surface area contributed by atoms with Gasteiger partial charge in [0.15, 0.2) is 16.6 Å². The SMILES string of the molecule is CCCCCCCC(C)(CCCC)n1nc(C(F)F)c(OC)c1Cl. The highest BCUT2D eigenvalue weighted by Crippen LogP contribution is 2.40. The normalized spacial score (nSPS) is 14.2. The Bertz CT molecular complexity index is 494. The van der Waals surface area contributed by atoms with Gasteiger partial charge >= 0.3 is 0 Å². The highest BCUT2D eigenvalue weighted by molar-refractivity contribution is 6.31. The van der Waals surface area contributed by atoms with Crippen molar-refractivity contribution in [3.8, 4) is 5.75 Å². The van der Waals surface area contributed by atoms with E-state index in [-0.39, 0.29) is 22.1 Å². The Morgan fingerprint density at radius 1 is 1.08 bits per heavy atom. The van der Waals surface area contributed by atoms with Crippen molar-refractivity contribution in [3.05, 3.63) is 10.8 Å². The molecule has 0 aliphatic heterocycles. The first kappa shape index (κ1) is 21.2. The van der Waals surface area contributed by atoms with Crippen LogP contribution in [0.5, 0.6) is 5.75 Å². The summed E-state index contributed by atoms with van der Waals surface area (Å²) in [7, 11) is 1.35. The van der Waals surface area contributed by atoms with Crippen LogP contribution in [0.2, 0.25) is 5.15 Å². The van der Waals surface area contributed by atoms with Crippen molar-refractivity contribution < 1.29 is 13.5 Å². The van der Waals surface area contributed by atoms with Gasteiger partial charge < -0.3 is 4.74 Å². The minimum Gasteiger partial charge on any atom is -0.491 e. The molecule has 6 heteroatoms. The highest BCUT2D eigenvalue weighted by Gasteiger charge is 2.34. The molecule has 1 rings (SSSR count). The second kappa shape index (κ2) is 10.2. The van der Waals surface area contributed by atoms with Gasteiger partial charge in [0, 0.05) is 0 Å². The van der Waals surface area contributed by atoms with Gasteiger partial charge in [-0.1, -0.05) is 70.4 Å². The molecule has 0 aromatic carbocycles. The molecule has 1 atom stereocenters. The molecule has 1 heterocycles. The largest absolute Gasteiger partial charge is 0.491 e. The molecule has 1 unspecified atom stereocenters. The summed E-state index contributed by atoms with van der Waals surface area (Å²) >= 11 is 6.34. The molecule has 24 heavy (non-hydrogen) atoms. The smallest absolute Gasteiger partial charge is 0.285 e. The van der Waals surface area contributed by atoms with Gasteiger partial charge in [-0.3, -0.25) is 0 Å². The van der Waals surface area contributed by atoms with Crippen molar-refractivity contribution in [1.29, 1.82) is 0 Å². The molecular weight excluding hydrogens is 334 g/mol. The van der Waals surface area contributed by atoms with Gasteiger partial charge in [0.2, 0.25) is 0 Å². The van der Waals surface area contributed by atoms with Crippen LogP contribution in [-0.2, 0) is 5.54 Å². The molecule has 0 N–H and O–H groups in total. The van der Waals surface area contributed by atoms with Gasteiger partial charge in [-0.15, -0.1) is 0 Å². The fourth-order valence-electron chi connectivity index (χ4n) is 3.09. The predicted molar refractivity (Wildman–Crippen MR) is 95.3 cm³/mol. The fraction of sp³-hybridized carbons (Fsp3) is 0.833. The molecule has 0 amide bonds. The maximum Gasteiger partial charge on any atom is 0.285 e. The third kappa shape index (κ3) is 5.33. The first-order chi connectivity index (χ1) is 11.4. The van der Waals surface area contributed by atoms with Gasteiger partial charge in [0.05, 0.1) is 12.6 Å². The lowest BCUT2D eigenvalue weighted by atomic mass is 9.88. The first-order valence-electron chi connectivity index (χ1n) is 9.02. The number of hydrogen-bond donors (Lipinski definition) is 0. The molecule has 0 bridgehead atoms. The van der Waals surface area contributed by atoms with E-state index in [2.05, 4.69) is 25.9 Å². The number of nitrogens with zero attached hydrogens (tertiary/aromatic N) is 2. The average Bonchev–Trinajstić information content (AvgIpc) is 2.90. The summed E-state index contributed by atoms with van der Waals surface area (Å²) in [5.41, 5.74) is -0.726.